The third-order valence-corrected chi connectivity index (χ3v) is 2.49. The standard InChI is InChI=1S/C14H18N2O3/c1-10(17)16-8-4-3-5-11-9-12(14(18)19-2)6-7-13(11)15/h3,5-7,9H,4,8,15H2,1-2H3,(H,16,17). The molecule has 5 heteroatoms. The molecule has 1 amide bonds. The second kappa shape index (κ2) is 7.20. The SMILES string of the molecule is COC(=O)c1ccc(N)c(C=CCCNC(C)=O)c1. The van der Waals surface area contributed by atoms with E-state index in [-0.39, 0.29) is 5.91 Å². The van der Waals surface area contributed by atoms with Crippen LogP contribution in [0.25, 0.3) is 6.08 Å². The van der Waals surface area contributed by atoms with E-state index in [1.165, 1.54) is 14.0 Å². The van der Waals surface area contributed by atoms with Gasteiger partial charge in [-0.25, -0.2) is 4.79 Å². The van der Waals surface area contributed by atoms with Crippen LogP contribution in [0.5, 0.6) is 0 Å². The van der Waals surface area contributed by atoms with Crippen LogP contribution in [-0.4, -0.2) is 25.5 Å². The van der Waals surface area contributed by atoms with Crippen LogP contribution in [0.3, 0.4) is 0 Å². The van der Waals surface area contributed by atoms with Crippen molar-refractivity contribution < 1.29 is 14.3 Å². The number of nitrogens with one attached hydrogen (secondary N) is 1. The predicted octanol–water partition coefficient (Wildman–Crippen LogP) is 1.59. The fraction of sp³-hybridized carbons (Fsp3) is 0.286. The fourth-order valence-corrected chi connectivity index (χ4v) is 1.51. The summed E-state index contributed by atoms with van der Waals surface area (Å²) in [5.74, 6) is -0.450. The third kappa shape index (κ3) is 4.83. The number of benzene rings is 1. The Morgan fingerprint density at radius 1 is 1.42 bits per heavy atom. The van der Waals surface area contributed by atoms with Crippen molar-refractivity contribution in [3.05, 3.63) is 35.4 Å². The maximum atomic E-state index is 11.4. The van der Waals surface area contributed by atoms with Gasteiger partial charge in [0.15, 0.2) is 0 Å². The lowest BCUT2D eigenvalue weighted by Gasteiger charge is -2.04. The van der Waals surface area contributed by atoms with Gasteiger partial charge in [-0.1, -0.05) is 12.2 Å². The van der Waals surface area contributed by atoms with Crippen molar-refractivity contribution in [3.8, 4) is 0 Å². The highest BCUT2D eigenvalue weighted by atomic mass is 16.5. The lowest BCUT2D eigenvalue weighted by Crippen LogP contribution is -2.20. The molecule has 19 heavy (non-hydrogen) atoms. The quantitative estimate of drug-likeness (QED) is 0.479. The Morgan fingerprint density at radius 3 is 2.79 bits per heavy atom. The number of carbonyl (C=O) groups is 2. The minimum atomic E-state index is -0.395. The summed E-state index contributed by atoms with van der Waals surface area (Å²) >= 11 is 0. The smallest absolute Gasteiger partial charge is 0.337 e. The minimum absolute atomic E-state index is 0.0550. The first-order valence-electron chi connectivity index (χ1n) is 5.93. The van der Waals surface area contributed by atoms with E-state index in [0.29, 0.717) is 24.2 Å². The Hall–Kier alpha value is -2.30. The van der Waals surface area contributed by atoms with Gasteiger partial charge >= 0.3 is 5.97 Å². The molecule has 1 aromatic rings. The van der Waals surface area contributed by atoms with Gasteiger partial charge in [0.25, 0.3) is 0 Å². The molecule has 0 aliphatic heterocycles. The fourth-order valence-electron chi connectivity index (χ4n) is 1.51. The van der Waals surface area contributed by atoms with E-state index >= 15 is 0 Å². The van der Waals surface area contributed by atoms with E-state index < -0.39 is 5.97 Å². The predicted molar refractivity (Wildman–Crippen MR) is 74.5 cm³/mol. The first-order valence-corrected chi connectivity index (χ1v) is 5.93. The topological polar surface area (TPSA) is 81.4 Å². The van der Waals surface area contributed by atoms with E-state index in [9.17, 15) is 9.59 Å². The van der Waals surface area contributed by atoms with Crippen LogP contribution in [0.4, 0.5) is 5.69 Å². The summed E-state index contributed by atoms with van der Waals surface area (Å²) in [7, 11) is 1.33. The average Bonchev–Trinajstić information content (AvgIpc) is 2.39. The summed E-state index contributed by atoms with van der Waals surface area (Å²) in [4.78, 5) is 22.1. The molecule has 0 aromatic heterocycles. The maximum absolute atomic E-state index is 11.4. The molecule has 0 fully saturated rings. The Kier molecular flexibility index (Phi) is 5.60. The number of anilines is 1. The molecule has 102 valence electrons. The largest absolute Gasteiger partial charge is 0.465 e. The molecule has 0 aliphatic rings. The summed E-state index contributed by atoms with van der Waals surface area (Å²) in [6.07, 6.45) is 4.41. The number of nitrogen functional groups attached to an aromatic ring is 1. The Morgan fingerprint density at radius 2 is 2.16 bits per heavy atom. The van der Waals surface area contributed by atoms with Crippen LogP contribution in [0.1, 0.15) is 29.3 Å². The third-order valence-electron chi connectivity index (χ3n) is 2.49. The van der Waals surface area contributed by atoms with Gasteiger partial charge in [-0.05, 0) is 30.2 Å². The van der Waals surface area contributed by atoms with Gasteiger partial charge in [-0.15, -0.1) is 0 Å². The van der Waals surface area contributed by atoms with E-state index in [4.69, 9.17) is 5.73 Å². The minimum Gasteiger partial charge on any atom is -0.465 e. The Bertz CT molecular complexity index is 495. The van der Waals surface area contributed by atoms with Crippen molar-refractivity contribution in [1.82, 2.24) is 5.32 Å². The van der Waals surface area contributed by atoms with Crippen molar-refractivity contribution >= 4 is 23.6 Å². The first-order chi connectivity index (χ1) is 9.04. The maximum Gasteiger partial charge on any atom is 0.337 e. The van der Waals surface area contributed by atoms with Crippen molar-refractivity contribution in [2.45, 2.75) is 13.3 Å². The zero-order valence-electron chi connectivity index (χ0n) is 11.1. The zero-order valence-corrected chi connectivity index (χ0v) is 11.1. The normalized spacial score (nSPS) is 10.4. The monoisotopic (exact) mass is 262 g/mol. The highest BCUT2D eigenvalue weighted by molar-refractivity contribution is 5.91. The van der Waals surface area contributed by atoms with Crippen LogP contribution in [0.2, 0.25) is 0 Å². The summed E-state index contributed by atoms with van der Waals surface area (Å²) in [6, 6.07) is 4.96. The van der Waals surface area contributed by atoms with Crippen molar-refractivity contribution in [3.63, 3.8) is 0 Å². The number of esters is 1. The number of amides is 1. The molecule has 0 aliphatic carbocycles. The molecule has 0 saturated heterocycles. The van der Waals surface area contributed by atoms with E-state index in [0.717, 1.165) is 5.56 Å². The molecule has 5 nitrogen and oxygen atoms in total. The highest BCUT2D eigenvalue weighted by Crippen LogP contribution is 2.16. The van der Waals surface area contributed by atoms with E-state index in [1.54, 1.807) is 18.2 Å². The molecule has 0 heterocycles. The number of hydrogen-bond acceptors (Lipinski definition) is 4. The second-order valence-electron chi connectivity index (χ2n) is 4.01. The molecule has 1 rings (SSSR count). The van der Waals surface area contributed by atoms with Crippen molar-refractivity contribution in [2.24, 2.45) is 0 Å². The number of hydrogen-bond donors (Lipinski definition) is 2. The molecule has 3 N–H and O–H groups in total. The molecular formula is C14H18N2O3. The zero-order chi connectivity index (χ0) is 14.3. The van der Waals surface area contributed by atoms with E-state index in [2.05, 4.69) is 10.1 Å². The Labute approximate surface area is 112 Å². The van der Waals surface area contributed by atoms with Crippen LogP contribution < -0.4 is 11.1 Å². The van der Waals surface area contributed by atoms with Gasteiger partial charge < -0.3 is 15.8 Å². The molecule has 0 atom stereocenters. The number of methoxy groups -OCH3 is 1. The van der Waals surface area contributed by atoms with Crippen molar-refractivity contribution in [1.29, 1.82) is 0 Å². The molecule has 0 spiro atoms. The van der Waals surface area contributed by atoms with Gasteiger partial charge in [-0.3, -0.25) is 4.79 Å². The molecule has 0 bridgehead atoms. The van der Waals surface area contributed by atoms with Crippen LogP contribution in [-0.2, 0) is 9.53 Å². The summed E-state index contributed by atoms with van der Waals surface area (Å²) in [6.45, 7) is 2.05. The molecule has 0 unspecified atom stereocenters. The summed E-state index contributed by atoms with van der Waals surface area (Å²) in [5.41, 5.74) is 7.62. The molecular weight excluding hydrogens is 244 g/mol. The molecule has 1 aromatic carbocycles. The number of nitrogens with two attached hydrogens (primary N) is 1. The van der Waals surface area contributed by atoms with Crippen molar-refractivity contribution in [2.75, 3.05) is 19.4 Å². The first kappa shape index (κ1) is 14.8. The lowest BCUT2D eigenvalue weighted by molar-refractivity contribution is -0.118. The second-order valence-corrected chi connectivity index (χ2v) is 4.01. The van der Waals surface area contributed by atoms with Crippen LogP contribution >= 0.6 is 0 Å². The number of rotatable bonds is 5. The van der Waals surface area contributed by atoms with Crippen LogP contribution in [0, 0.1) is 0 Å². The Balaban J connectivity index is 2.69. The molecule has 0 radical (unpaired) electrons. The van der Waals surface area contributed by atoms with Crippen LogP contribution in [0.15, 0.2) is 24.3 Å². The molecule has 0 saturated carbocycles. The van der Waals surface area contributed by atoms with Gasteiger partial charge in [0.2, 0.25) is 5.91 Å². The van der Waals surface area contributed by atoms with Gasteiger partial charge in [0.1, 0.15) is 0 Å². The number of carbonyl (C=O) groups excluding carboxylic acids is 2. The average molecular weight is 262 g/mol. The highest BCUT2D eigenvalue weighted by Gasteiger charge is 2.06. The van der Waals surface area contributed by atoms with E-state index in [1.807, 2.05) is 12.2 Å². The van der Waals surface area contributed by atoms with Gasteiger partial charge in [-0.2, -0.15) is 0 Å². The number of ether oxygens (including phenoxy) is 1. The van der Waals surface area contributed by atoms with Gasteiger partial charge in [0, 0.05) is 19.2 Å². The summed E-state index contributed by atoms with van der Waals surface area (Å²) in [5, 5.41) is 2.69. The van der Waals surface area contributed by atoms with Gasteiger partial charge in [0.05, 0.1) is 12.7 Å². The summed E-state index contributed by atoms with van der Waals surface area (Å²) < 4.78 is 4.65. The lowest BCUT2D eigenvalue weighted by atomic mass is 10.1.